The van der Waals surface area contributed by atoms with Crippen LogP contribution in [0.3, 0.4) is 0 Å². The molecule has 1 aromatic heterocycles. The fourth-order valence-electron chi connectivity index (χ4n) is 2.29. The zero-order valence-corrected chi connectivity index (χ0v) is 12.6. The maximum Gasteiger partial charge on any atom is 0.136 e. The highest BCUT2D eigenvalue weighted by Crippen LogP contribution is 2.19. The third kappa shape index (κ3) is 3.87. The molecule has 0 atom stereocenters. The van der Waals surface area contributed by atoms with Gasteiger partial charge in [-0.1, -0.05) is 13.0 Å². The minimum atomic E-state index is 0.577. The van der Waals surface area contributed by atoms with Gasteiger partial charge in [0.25, 0.3) is 0 Å². The molecule has 1 aromatic carbocycles. The lowest BCUT2D eigenvalue weighted by Gasteiger charge is -2.11. The molecule has 0 amide bonds. The summed E-state index contributed by atoms with van der Waals surface area (Å²) >= 11 is 0. The lowest BCUT2D eigenvalue weighted by molar-refractivity contribution is 0.413. The highest BCUT2D eigenvalue weighted by atomic mass is 16.5. The summed E-state index contributed by atoms with van der Waals surface area (Å²) in [6, 6.07) is 12.1. The Labute approximate surface area is 126 Å². The quantitative estimate of drug-likeness (QED) is 0.795. The number of hydrogen-bond acceptors (Lipinski definition) is 3. The second kappa shape index (κ2) is 7.51. The zero-order valence-electron chi connectivity index (χ0n) is 12.6. The first-order valence-electron chi connectivity index (χ1n) is 7.20. The SMILES string of the molecule is CCCNCc1cccn1Cc1ccc(OC)c(C#N)c1. The average Bonchev–Trinajstić information content (AvgIpc) is 2.94. The van der Waals surface area contributed by atoms with E-state index in [1.54, 1.807) is 7.11 Å². The second-order valence-corrected chi connectivity index (χ2v) is 4.95. The van der Waals surface area contributed by atoms with Gasteiger partial charge in [0.1, 0.15) is 11.8 Å². The van der Waals surface area contributed by atoms with Crippen molar-refractivity contribution >= 4 is 0 Å². The van der Waals surface area contributed by atoms with Crippen LogP contribution in [0.4, 0.5) is 0 Å². The van der Waals surface area contributed by atoms with E-state index in [1.807, 2.05) is 18.2 Å². The molecule has 0 fully saturated rings. The number of nitriles is 1. The molecular weight excluding hydrogens is 262 g/mol. The van der Waals surface area contributed by atoms with Crippen molar-refractivity contribution in [2.75, 3.05) is 13.7 Å². The molecule has 0 aliphatic carbocycles. The zero-order chi connectivity index (χ0) is 15.1. The Morgan fingerprint density at radius 1 is 1.33 bits per heavy atom. The molecule has 1 heterocycles. The topological polar surface area (TPSA) is 50.0 Å². The molecule has 2 rings (SSSR count). The third-order valence-corrected chi connectivity index (χ3v) is 3.39. The van der Waals surface area contributed by atoms with Crippen LogP contribution in [0, 0.1) is 11.3 Å². The first-order valence-corrected chi connectivity index (χ1v) is 7.20. The molecule has 0 saturated carbocycles. The van der Waals surface area contributed by atoms with Crippen molar-refractivity contribution in [3.05, 3.63) is 53.3 Å². The monoisotopic (exact) mass is 283 g/mol. The van der Waals surface area contributed by atoms with Crippen molar-refractivity contribution in [3.8, 4) is 11.8 Å². The Morgan fingerprint density at radius 2 is 2.19 bits per heavy atom. The van der Waals surface area contributed by atoms with Gasteiger partial charge < -0.3 is 14.6 Å². The molecule has 0 unspecified atom stereocenters. The van der Waals surface area contributed by atoms with Gasteiger partial charge in [0, 0.05) is 25.0 Å². The summed E-state index contributed by atoms with van der Waals surface area (Å²) in [7, 11) is 1.58. The van der Waals surface area contributed by atoms with Crippen LogP contribution in [0.2, 0.25) is 0 Å². The summed E-state index contributed by atoms with van der Waals surface area (Å²) in [4.78, 5) is 0. The van der Waals surface area contributed by atoms with E-state index in [9.17, 15) is 0 Å². The van der Waals surface area contributed by atoms with Gasteiger partial charge in [-0.3, -0.25) is 0 Å². The Bertz CT molecular complexity index is 625. The molecule has 2 aromatic rings. The fraction of sp³-hybridized carbons (Fsp3) is 0.353. The number of rotatable bonds is 7. The minimum absolute atomic E-state index is 0.577. The van der Waals surface area contributed by atoms with E-state index in [0.717, 1.165) is 31.6 Å². The van der Waals surface area contributed by atoms with Crippen molar-refractivity contribution < 1.29 is 4.74 Å². The van der Waals surface area contributed by atoms with Crippen molar-refractivity contribution in [1.82, 2.24) is 9.88 Å². The molecule has 1 N–H and O–H groups in total. The number of nitrogens with zero attached hydrogens (tertiary/aromatic N) is 2. The maximum atomic E-state index is 9.15. The van der Waals surface area contributed by atoms with E-state index < -0.39 is 0 Å². The summed E-state index contributed by atoms with van der Waals surface area (Å²) in [5.74, 6) is 0.624. The standard InChI is InChI=1S/C17H21N3O/c1-3-8-19-12-16-5-4-9-20(16)13-14-6-7-17(21-2)15(10-14)11-18/h4-7,9-10,19H,3,8,12-13H2,1-2H3. The van der Waals surface area contributed by atoms with E-state index in [0.29, 0.717) is 11.3 Å². The van der Waals surface area contributed by atoms with E-state index >= 15 is 0 Å². The van der Waals surface area contributed by atoms with Gasteiger partial charge in [0.05, 0.1) is 12.7 Å². The molecule has 0 radical (unpaired) electrons. The Kier molecular flexibility index (Phi) is 5.42. The molecule has 0 spiro atoms. The van der Waals surface area contributed by atoms with Gasteiger partial charge in [-0.15, -0.1) is 0 Å². The normalized spacial score (nSPS) is 10.3. The predicted octanol–water partition coefficient (Wildman–Crippen LogP) is 2.92. The fourth-order valence-corrected chi connectivity index (χ4v) is 2.29. The van der Waals surface area contributed by atoms with Crippen molar-refractivity contribution in [2.24, 2.45) is 0 Å². The first kappa shape index (κ1) is 15.1. The molecule has 4 heteroatoms. The number of ether oxygens (including phenoxy) is 1. The summed E-state index contributed by atoms with van der Waals surface area (Å²) in [5.41, 5.74) is 2.92. The minimum Gasteiger partial charge on any atom is -0.495 e. The number of benzene rings is 1. The van der Waals surface area contributed by atoms with Gasteiger partial charge in [-0.25, -0.2) is 0 Å². The van der Waals surface area contributed by atoms with Gasteiger partial charge in [-0.2, -0.15) is 5.26 Å². The summed E-state index contributed by atoms with van der Waals surface area (Å²) in [5, 5.41) is 12.6. The summed E-state index contributed by atoms with van der Waals surface area (Å²) in [6.07, 6.45) is 3.20. The van der Waals surface area contributed by atoms with Crippen LogP contribution in [-0.2, 0) is 13.1 Å². The van der Waals surface area contributed by atoms with Crippen LogP contribution in [0.1, 0.15) is 30.2 Å². The van der Waals surface area contributed by atoms with Crippen LogP contribution in [0.15, 0.2) is 36.5 Å². The molecular formula is C17H21N3O. The largest absolute Gasteiger partial charge is 0.495 e. The lowest BCUT2D eigenvalue weighted by atomic mass is 10.1. The number of nitrogens with one attached hydrogen (secondary N) is 1. The van der Waals surface area contributed by atoms with E-state index in [1.165, 1.54) is 5.69 Å². The van der Waals surface area contributed by atoms with Gasteiger partial charge in [-0.05, 0) is 42.8 Å². The predicted molar refractivity (Wildman–Crippen MR) is 83.2 cm³/mol. The molecule has 0 bridgehead atoms. The molecule has 0 aliphatic rings. The summed E-state index contributed by atoms with van der Waals surface area (Å²) < 4.78 is 7.38. The van der Waals surface area contributed by atoms with Crippen molar-refractivity contribution in [2.45, 2.75) is 26.4 Å². The van der Waals surface area contributed by atoms with Crippen LogP contribution >= 0.6 is 0 Å². The number of aromatic nitrogens is 1. The van der Waals surface area contributed by atoms with Gasteiger partial charge in [0.2, 0.25) is 0 Å². The Hall–Kier alpha value is -2.25. The van der Waals surface area contributed by atoms with Gasteiger partial charge in [0.15, 0.2) is 0 Å². The van der Waals surface area contributed by atoms with E-state index in [-0.39, 0.29) is 0 Å². The lowest BCUT2D eigenvalue weighted by Crippen LogP contribution is -2.17. The molecule has 0 aliphatic heterocycles. The average molecular weight is 283 g/mol. The molecule has 110 valence electrons. The third-order valence-electron chi connectivity index (χ3n) is 3.39. The van der Waals surface area contributed by atoms with Crippen LogP contribution in [-0.4, -0.2) is 18.2 Å². The highest BCUT2D eigenvalue weighted by molar-refractivity contribution is 5.45. The Morgan fingerprint density at radius 3 is 2.90 bits per heavy atom. The van der Waals surface area contributed by atoms with Crippen molar-refractivity contribution in [3.63, 3.8) is 0 Å². The van der Waals surface area contributed by atoms with Crippen LogP contribution < -0.4 is 10.1 Å². The van der Waals surface area contributed by atoms with Crippen LogP contribution in [0.5, 0.6) is 5.75 Å². The second-order valence-electron chi connectivity index (χ2n) is 4.95. The Balaban J connectivity index is 2.12. The number of methoxy groups -OCH3 is 1. The molecule has 0 saturated heterocycles. The highest BCUT2D eigenvalue weighted by Gasteiger charge is 2.06. The molecule has 21 heavy (non-hydrogen) atoms. The maximum absolute atomic E-state index is 9.15. The summed E-state index contributed by atoms with van der Waals surface area (Å²) in [6.45, 7) is 4.80. The number of hydrogen-bond donors (Lipinski definition) is 1. The van der Waals surface area contributed by atoms with E-state index in [4.69, 9.17) is 10.00 Å². The van der Waals surface area contributed by atoms with E-state index in [2.05, 4.69) is 41.2 Å². The van der Waals surface area contributed by atoms with Crippen molar-refractivity contribution in [1.29, 1.82) is 5.26 Å². The van der Waals surface area contributed by atoms with Gasteiger partial charge >= 0.3 is 0 Å². The molecule has 4 nitrogen and oxygen atoms in total. The smallest absolute Gasteiger partial charge is 0.136 e. The first-order chi connectivity index (χ1) is 10.3. The van der Waals surface area contributed by atoms with Crippen LogP contribution in [0.25, 0.3) is 0 Å².